The van der Waals surface area contributed by atoms with E-state index in [0.29, 0.717) is 23.2 Å². The second-order valence-corrected chi connectivity index (χ2v) is 13.3. The van der Waals surface area contributed by atoms with Crippen LogP contribution < -0.4 is 9.74 Å². The fourth-order valence-corrected chi connectivity index (χ4v) is 3.60. The molecule has 0 atom stereocenters. The van der Waals surface area contributed by atoms with Gasteiger partial charge in [0.15, 0.2) is 0 Å². The quantitative estimate of drug-likeness (QED) is 0.685. The summed E-state index contributed by atoms with van der Waals surface area (Å²) in [6.07, 6.45) is 0. The lowest BCUT2D eigenvalue weighted by atomic mass is 10.1. The zero-order valence-electron chi connectivity index (χ0n) is 17.4. The molecule has 0 bridgehead atoms. The van der Waals surface area contributed by atoms with Crippen molar-refractivity contribution >= 4 is 14.2 Å². The number of aryl methyl sites for hydroxylation is 2. The van der Waals surface area contributed by atoms with Gasteiger partial charge in [-0.3, -0.25) is 4.79 Å². The SMILES string of the molecule is Cc1cc(C(=O)NCc2ccccc2O[Si](C)(C)C(C)(C)C)cc(C)c1O. The number of hydrogen-bond donors (Lipinski definition) is 2. The summed E-state index contributed by atoms with van der Waals surface area (Å²) in [6.45, 7) is 15.0. The highest BCUT2D eigenvalue weighted by atomic mass is 28.4. The van der Waals surface area contributed by atoms with Crippen molar-refractivity contribution in [3.05, 3.63) is 58.7 Å². The topological polar surface area (TPSA) is 58.6 Å². The normalized spacial score (nSPS) is 12.0. The third-order valence-corrected chi connectivity index (χ3v) is 9.68. The lowest BCUT2D eigenvalue weighted by molar-refractivity contribution is 0.0950. The van der Waals surface area contributed by atoms with Crippen molar-refractivity contribution in [3.63, 3.8) is 0 Å². The molecule has 1 amide bonds. The number of rotatable bonds is 5. The molecule has 2 aromatic carbocycles. The molecular formula is C22H31NO3Si. The Morgan fingerprint density at radius 3 is 2.22 bits per heavy atom. The van der Waals surface area contributed by atoms with Crippen molar-refractivity contribution in [2.24, 2.45) is 0 Å². The molecule has 0 fully saturated rings. The van der Waals surface area contributed by atoms with Crippen LogP contribution in [0.5, 0.6) is 11.5 Å². The van der Waals surface area contributed by atoms with Crippen LogP contribution in [-0.2, 0) is 6.54 Å². The minimum atomic E-state index is -1.96. The van der Waals surface area contributed by atoms with E-state index in [1.165, 1.54) is 0 Å². The summed E-state index contributed by atoms with van der Waals surface area (Å²) in [5, 5.41) is 13.0. The van der Waals surface area contributed by atoms with E-state index in [4.69, 9.17) is 4.43 Å². The van der Waals surface area contributed by atoms with Crippen LogP contribution in [0.25, 0.3) is 0 Å². The van der Waals surface area contributed by atoms with Gasteiger partial charge in [0.05, 0.1) is 0 Å². The maximum absolute atomic E-state index is 12.6. The minimum absolute atomic E-state index is 0.102. The Balaban J connectivity index is 2.16. The number of nitrogens with one attached hydrogen (secondary N) is 1. The fraction of sp³-hybridized carbons (Fsp3) is 0.409. The van der Waals surface area contributed by atoms with Gasteiger partial charge < -0.3 is 14.8 Å². The summed E-state index contributed by atoms with van der Waals surface area (Å²) < 4.78 is 6.44. The van der Waals surface area contributed by atoms with Gasteiger partial charge >= 0.3 is 0 Å². The van der Waals surface area contributed by atoms with E-state index < -0.39 is 8.32 Å². The highest BCUT2D eigenvalue weighted by Crippen LogP contribution is 2.38. The largest absolute Gasteiger partial charge is 0.543 e. The highest BCUT2D eigenvalue weighted by molar-refractivity contribution is 6.74. The molecule has 4 nitrogen and oxygen atoms in total. The maximum Gasteiger partial charge on any atom is 0.251 e. The van der Waals surface area contributed by atoms with Gasteiger partial charge in [0.1, 0.15) is 11.5 Å². The molecule has 27 heavy (non-hydrogen) atoms. The van der Waals surface area contributed by atoms with Gasteiger partial charge in [-0.15, -0.1) is 0 Å². The Morgan fingerprint density at radius 2 is 1.67 bits per heavy atom. The molecule has 0 heterocycles. The van der Waals surface area contributed by atoms with Crippen LogP contribution >= 0.6 is 0 Å². The Bertz CT molecular complexity index is 815. The molecule has 0 aliphatic heterocycles. The molecule has 2 N–H and O–H groups in total. The van der Waals surface area contributed by atoms with Gasteiger partial charge in [0, 0.05) is 17.7 Å². The first-order chi connectivity index (χ1) is 12.4. The summed E-state index contributed by atoms with van der Waals surface area (Å²) in [4.78, 5) is 12.6. The predicted octanol–water partition coefficient (Wildman–Crippen LogP) is 5.32. The maximum atomic E-state index is 12.6. The van der Waals surface area contributed by atoms with E-state index >= 15 is 0 Å². The monoisotopic (exact) mass is 385 g/mol. The van der Waals surface area contributed by atoms with Crippen molar-refractivity contribution in [3.8, 4) is 11.5 Å². The first kappa shape index (κ1) is 21.0. The number of carbonyl (C=O) groups is 1. The van der Waals surface area contributed by atoms with Crippen LogP contribution in [0.3, 0.4) is 0 Å². The molecule has 0 saturated carbocycles. The fourth-order valence-electron chi connectivity index (χ4n) is 2.54. The van der Waals surface area contributed by atoms with Gasteiger partial charge in [-0.1, -0.05) is 39.0 Å². The summed E-state index contributed by atoms with van der Waals surface area (Å²) in [6, 6.07) is 11.3. The average Bonchev–Trinajstić information content (AvgIpc) is 2.56. The Labute approximate surface area is 163 Å². The second-order valence-electron chi connectivity index (χ2n) is 8.61. The standard InChI is InChI=1S/C22H31NO3Si/c1-15-12-18(13-16(2)20(15)24)21(25)23-14-17-10-8-9-11-19(17)26-27(6,7)22(3,4)5/h8-13,24H,14H2,1-7H3,(H,23,25). The first-order valence-electron chi connectivity index (χ1n) is 9.28. The molecule has 0 aliphatic carbocycles. The van der Waals surface area contributed by atoms with Gasteiger partial charge in [-0.2, -0.15) is 0 Å². The van der Waals surface area contributed by atoms with Crippen molar-refractivity contribution < 1.29 is 14.3 Å². The van der Waals surface area contributed by atoms with Crippen LogP contribution in [0.2, 0.25) is 18.1 Å². The highest BCUT2D eigenvalue weighted by Gasteiger charge is 2.39. The molecule has 0 spiro atoms. The predicted molar refractivity (Wildman–Crippen MR) is 113 cm³/mol. The molecule has 2 rings (SSSR count). The molecule has 0 aliphatic rings. The summed E-state index contributed by atoms with van der Waals surface area (Å²) >= 11 is 0. The van der Waals surface area contributed by atoms with Gasteiger partial charge in [0.2, 0.25) is 8.32 Å². The van der Waals surface area contributed by atoms with E-state index in [-0.39, 0.29) is 16.7 Å². The number of para-hydroxylation sites is 1. The van der Waals surface area contributed by atoms with Crippen LogP contribution in [-0.4, -0.2) is 19.3 Å². The van der Waals surface area contributed by atoms with E-state index in [1.54, 1.807) is 26.0 Å². The molecule has 5 heteroatoms. The second kappa shape index (κ2) is 7.77. The zero-order valence-corrected chi connectivity index (χ0v) is 18.4. The molecule has 0 radical (unpaired) electrons. The summed E-state index contributed by atoms with van der Waals surface area (Å²) in [5.74, 6) is 0.908. The summed E-state index contributed by atoms with van der Waals surface area (Å²) in [5.41, 5.74) is 2.90. The molecule has 0 saturated heterocycles. The van der Waals surface area contributed by atoms with E-state index in [2.05, 4.69) is 39.2 Å². The number of benzene rings is 2. The molecule has 0 aromatic heterocycles. The number of amides is 1. The lowest BCUT2D eigenvalue weighted by Crippen LogP contribution is -2.44. The van der Waals surface area contributed by atoms with E-state index in [1.807, 2.05) is 24.3 Å². The van der Waals surface area contributed by atoms with Gasteiger partial charge in [0.25, 0.3) is 5.91 Å². The number of carbonyl (C=O) groups excluding carboxylic acids is 1. The third kappa shape index (κ3) is 4.92. The van der Waals surface area contributed by atoms with Gasteiger partial charge in [-0.05, 0) is 61.3 Å². The Hall–Kier alpha value is -2.27. The van der Waals surface area contributed by atoms with Crippen LogP contribution in [0.15, 0.2) is 36.4 Å². The third-order valence-electron chi connectivity index (χ3n) is 5.34. The molecular weight excluding hydrogens is 354 g/mol. The average molecular weight is 386 g/mol. The number of phenols is 1. The molecule has 146 valence electrons. The smallest absolute Gasteiger partial charge is 0.251 e. The van der Waals surface area contributed by atoms with Crippen LogP contribution in [0, 0.1) is 13.8 Å². The lowest BCUT2D eigenvalue weighted by Gasteiger charge is -2.37. The Kier molecular flexibility index (Phi) is 6.05. The van der Waals surface area contributed by atoms with Crippen LogP contribution in [0.4, 0.5) is 0 Å². The van der Waals surface area contributed by atoms with Crippen molar-refractivity contribution in [2.75, 3.05) is 0 Å². The van der Waals surface area contributed by atoms with Crippen LogP contribution in [0.1, 0.15) is 47.8 Å². The van der Waals surface area contributed by atoms with E-state index in [9.17, 15) is 9.90 Å². The molecule has 2 aromatic rings. The number of aromatic hydroxyl groups is 1. The van der Waals surface area contributed by atoms with Gasteiger partial charge in [-0.25, -0.2) is 0 Å². The zero-order chi connectivity index (χ0) is 20.4. The van der Waals surface area contributed by atoms with Crippen molar-refractivity contribution in [1.82, 2.24) is 5.32 Å². The number of phenolic OH excluding ortho intramolecular Hbond substituents is 1. The molecule has 0 unspecified atom stereocenters. The van der Waals surface area contributed by atoms with Crippen molar-refractivity contribution in [1.29, 1.82) is 0 Å². The minimum Gasteiger partial charge on any atom is -0.543 e. The van der Waals surface area contributed by atoms with Crippen molar-refractivity contribution in [2.45, 2.75) is 59.3 Å². The first-order valence-corrected chi connectivity index (χ1v) is 12.2. The summed E-state index contributed by atoms with van der Waals surface area (Å²) in [7, 11) is -1.96. The van der Waals surface area contributed by atoms with E-state index in [0.717, 1.165) is 11.3 Å². The Morgan fingerprint density at radius 1 is 1.11 bits per heavy atom. The number of hydrogen-bond acceptors (Lipinski definition) is 3.